The van der Waals surface area contributed by atoms with Gasteiger partial charge in [-0.05, 0) is 51.7 Å². The molecule has 1 aliphatic carbocycles. The molecule has 3 aromatic heterocycles. The van der Waals surface area contributed by atoms with Gasteiger partial charge in [0.2, 0.25) is 5.91 Å². The molecule has 2 aliphatic rings. The van der Waals surface area contributed by atoms with Crippen molar-refractivity contribution >= 4 is 23.0 Å². The predicted octanol–water partition coefficient (Wildman–Crippen LogP) is 3.50. The van der Waals surface area contributed by atoms with Crippen molar-refractivity contribution in [1.82, 2.24) is 24.8 Å². The summed E-state index contributed by atoms with van der Waals surface area (Å²) >= 11 is 0. The highest BCUT2D eigenvalue weighted by molar-refractivity contribution is 6.03. The molecule has 0 bridgehead atoms. The molecule has 0 radical (unpaired) electrons. The summed E-state index contributed by atoms with van der Waals surface area (Å²) < 4.78 is 21.4. The van der Waals surface area contributed by atoms with Gasteiger partial charge in [-0.25, -0.2) is 8.91 Å². The van der Waals surface area contributed by atoms with Gasteiger partial charge in [-0.15, -0.1) is 0 Å². The topological polar surface area (TPSA) is 101 Å². The van der Waals surface area contributed by atoms with Crippen LogP contribution in [-0.2, 0) is 9.53 Å². The Labute approximate surface area is 215 Å². The summed E-state index contributed by atoms with van der Waals surface area (Å²) in [5.74, 6) is -0.410. The Bertz CT molecular complexity index is 1280. The number of fused-ring (bicyclic) bond motifs is 1. The third-order valence-electron chi connectivity index (χ3n) is 7.13. The zero-order valence-corrected chi connectivity index (χ0v) is 21.2. The number of morpholine rings is 1. The molecule has 196 valence electrons. The largest absolute Gasteiger partial charge is 0.380 e. The van der Waals surface area contributed by atoms with Gasteiger partial charge in [-0.1, -0.05) is 0 Å². The van der Waals surface area contributed by atoms with Crippen LogP contribution >= 0.6 is 0 Å². The first-order valence-corrected chi connectivity index (χ1v) is 13.0. The number of carbonyl (C=O) groups excluding carboxylic acids is 2. The third-order valence-corrected chi connectivity index (χ3v) is 7.13. The summed E-state index contributed by atoms with van der Waals surface area (Å²) in [7, 11) is 0. The molecule has 0 spiro atoms. The minimum absolute atomic E-state index is 0.00220. The Balaban J connectivity index is 1.32. The quantitative estimate of drug-likeness (QED) is 0.529. The fourth-order valence-electron chi connectivity index (χ4n) is 5.22. The number of carbonyl (C=O) groups is 2. The fourth-order valence-corrected chi connectivity index (χ4v) is 5.22. The molecule has 5 rings (SSSR count). The van der Waals surface area contributed by atoms with Crippen LogP contribution in [0.15, 0.2) is 36.9 Å². The van der Waals surface area contributed by atoms with E-state index in [1.807, 2.05) is 24.8 Å². The predicted molar refractivity (Wildman–Crippen MR) is 138 cm³/mol. The van der Waals surface area contributed by atoms with Crippen molar-refractivity contribution in [3.8, 4) is 11.1 Å². The minimum atomic E-state index is -0.419. The Hall–Kier alpha value is -3.53. The van der Waals surface area contributed by atoms with Gasteiger partial charge in [0.05, 0.1) is 42.4 Å². The molecule has 2 fully saturated rings. The Morgan fingerprint density at radius 3 is 2.59 bits per heavy atom. The van der Waals surface area contributed by atoms with Crippen molar-refractivity contribution in [3.63, 3.8) is 0 Å². The van der Waals surface area contributed by atoms with Crippen LogP contribution in [-0.4, -0.2) is 69.7 Å². The highest BCUT2D eigenvalue weighted by Crippen LogP contribution is 2.31. The van der Waals surface area contributed by atoms with Crippen LogP contribution in [0, 0.1) is 11.7 Å². The lowest BCUT2D eigenvalue weighted by Crippen LogP contribution is -2.46. The molecule has 0 aromatic carbocycles. The smallest absolute Gasteiger partial charge is 0.255 e. The van der Waals surface area contributed by atoms with Crippen molar-refractivity contribution in [2.24, 2.45) is 5.92 Å². The van der Waals surface area contributed by atoms with Crippen molar-refractivity contribution in [2.75, 3.05) is 31.6 Å². The van der Waals surface area contributed by atoms with E-state index in [4.69, 9.17) is 4.74 Å². The van der Waals surface area contributed by atoms with Gasteiger partial charge in [0, 0.05) is 54.6 Å². The number of rotatable bonds is 6. The Morgan fingerprint density at radius 1 is 1.14 bits per heavy atom. The standard InChI is InChI=1S/C27H33FN6O3/c1-17(2)31-25-22(14-30-34-16-19(13-24(25)34)21-7-8-29-15-23(21)28)26(35)32-20-5-3-18(4-6-20)27(36)33-9-11-37-12-10-33/h7-8,13-18,20,31H,3-6,9-12H2,1-2H3,(H,32,35). The van der Waals surface area contributed by atoms with Crippen LogP contribution in [0.4, 0.5) is 10.1 Å². The van der Waals surface area contributed by atoms with E-state index in [1.54, 1.807) is 29.2 Å². The van der Waals surface area contributed by atoms with E-state index in [0.29, 0.717) is 54.2 Å². The number of hydrogen-bond donors (Lipinski definition) is 2. The Kier molecular flexibility index (Phi) is 7.36. The van der Waals surface area contributed by atoms with Gasteiger partial charge in [0.25, 0.3) is 5.91 Å². The lowest BCUT2D eigenvalue weighted by atomic mass is 9.85. The molecule has 4 heterocycles. The fraction of sp³-hybridized carbons (Fsp3) is 0.481. The molecule has 2 N–H and O–H groups in total. The lowest BCUT2D eigenvalue weighted by Gasteiger charge is -2.34. The van der Waals surface area contributed by atoms with Gasteiger partial charge >= 0.3 is 0 Å². The minimum Gasteiger partial charge on any atom is -0.380 e. The second kappa shape index (κ2) is 10.8. The summed E-state index contributed by atoms with van der Waals surface area (Å²) in [5, 5.41) is 11.0. The highest BCUT2D eigenvalue weighted by atomic mass is 19.1. The van der Waals surface area contributed by atoms with Gasteiger partial charge < -0.3 is 20.3 Å². The van der Waals surface area contributed by atoms with E-state index in [9.17, 15) is 14.0 Å². The first-order valence-electron chi connectivity index (χ1n) is 13.0. The maximum Gasteiger partial charge on any atom is 0.255 e. The summed E-state index contributed by atoms with van der Waals surface area (Å²) in [6.45, 7) is 6.51. The first kappa shape index (κ1) is 25.1. The van der Waals surface area contributed by atoms with E-state index >= 15 is 0 Å². The second-order valence-corrected chi connectivity index (χ2v) is 10.1. The maximum absolute atomic E-state index is 14.4. The van der Waals surface area contributed by atoms with Gasteiger partial charge in [-0.3, -0.25) is 14.6 Å². The van der Waals surface area contributed by atoms with Crippen molar-refractivity contribution in [3.05, 3.63) is 48.3 Å². The zero-order chi connectivity index (χ0) is 25.9. The van der Waals surface area contributed by atoms with Crippen LogP contribution in [0.2, 0.25) is 0 Å². The average molecular weight is 509 g/mol. The number of halogens is 1. The summed E-state index contributed by atoms with van der Waals surface area (Å²) in [4.78, 5) is 32.0. The molecule has 2 amide bonds. The van der Waals surface area contributed by atoms with Gasteiger partial charge in [-0.2, -0.15) is 5.10 Å². The summed E-state index contributed by atoms with van der Waals surface area (Å²) in [6, 6.07) is 3.51. The Morgan fingerprint density at radius 2 is 1.89 bits per heavy atom. The third kappa shape index (κ3) is 5.44. The molecule has 3 aromatic rings. The summed E-state index contributed by atoms with van der Waals surface area (Å²) in [6.07, 6.45) is 9.05. The van der Waals surface area contributed by atoms with Crippen molar-refractivity contribution < 1.29 is 18.7 Å². The molecule has 0 unspecified atom stereocenters. The number of ether oxygens (including phenoxy) is 1. The molecule has 1 aliphatic heterocycles. The van der Waals surface area contributed by atoms with Crippen molar-refractivity contribution in [2.45, 2.75) is 51.6 Å². The lowest BCUT2D eigenvalue weighted by molar-refractivity contribution is -0.140. The molecule has 10 heteroatoms. The number of anilines is 1. The first-order chi connectivity index (χ1) is 17.9. The van der Waals surface area contributed by atoms with Crippen molar-refractivity contribution in [1.29, 1.82) is 0 Å². The van der Waals surface area contributed by atoms with Crippen LogP contribution < -0.4 is 10.6 Å². The molecule has 9 nitrogen and oxygen atoms in total. The van der Waals surface area contributed by atoms with E-state index in [-0.39, 0.29) is 29.8 Å². The molecule has 1 saturated carbocycles. The number of nitrogens with one attached hydrogen (secondary N) is 2. The molecule has 37 heavy (non-hydrogen) atoms. The highest BCUT2D eigenvalue weighted by Gasteiger charge is 2.31. The van der Waals surface area contributed by atoms with Crippen LogP contribution in [0.3, 0.4) is 0 Å². The van der Waals surface area contributed by atoms with Crippen LogP contribution in [0.1, 0.15) is 49.9 Å². The summed E-state index contributed by atoms with van der Waals surface area (Å²) in [5.41, 5.74) is 2.85. The van der Waals surface area contributed by atoms with Gasteiger partial charge in [0.15, 0.2) is 0 Å². The SMILES string of the molecule is CC(C)Nc1c(C(=O)NC2CCC(C(=O)N3CCOCC3)CC2)cnn2cc(-c3ccncc3F)cc12. The van der Waals surface area contributed by atoms with E-state index in [2.05, 4.69) is 20.7 Å². The van der Waals surface area contributed by atoms with E-state index in [1.165, 1.54) is 6.20 Å². The number of amides is 2. The monoisotopic (exact) mass is 508 g/mol. The molecule has 0 atom stereocenters. The van der Waals surface area contributed by atoms with Crippen LogP contribution in [0.25, 0.3) is 16.6 Å². The average Bonchev–Trinajstić information content (AvgIpc) is 3.34. The normalized spacial score (nSPS) is 20.3. The van der Waals surface area contributed by atoms with Gasteiger partial charge in [0.1, 0.15) is 5.82 Å². The van der Waals surface area contributed by atoms with E-state index < -0.39 is 5.82 Å². The maximum atomic E-state index is 14.4. The molecule has 1 saturated heterocycles. The zero-order valence-electron chi connectivity index (χ0n) is 21.2. The second-order valence-electron chi connectivity index (χ2n) is 10.1. The number of nitrogens with zero attached hydrogens (tertiary/aromatic N) is 4. The number of aromatic nitrogens is 3. The molecular weight excluding hydrogens is 475 g/mol. The van der Waals surface area contributed by atoms with E-state index in [0.717, 1.165) is 25.7 Å². The molecular formula is C27H33FN6O3. The number of hydrogen-bond acceptors (Lipinski definition) is 6. The van der Waals surface area contributed by atoms with Crippen LogP contribution in [0.5, 0.6) is 0 Å². The number of pyridine rings is 1.